The van der Waals surface area contributed by atoms with Gasteiger partial charge in [0.05, 0.1) is 15.1 Å². The summed E-state index contributed by atoms with van der Waals surface area (Å²) < 4.78 is 43.3. The average molecular weight is 457 g/mol. The number of carbonyl (C=O) groups excluding carboxylic acids is 1. The number of hydrogen-bond acceptors (Lipinski definition) is 7. The zero-order chi connectivity index (χ0) is 20.6. The van der Waals surface area contributed by atoms with Crippen LogP contribution in [0.3, 0.4) is 0 Å². The van der Waals surface area contributed by atoms with Gasteiger partial charge in [-0.15, -0.1) is 24.5 Å². The molecule has 4 rings (SSSR count). The molecule has 3 heterocycles. The maximum Gasteiger partial charge on any atom is 0.573 e. The lowest BCUT2D eigenvalue weighted by Crippen LogP contribution is -2.19. The van der Waals surface area contributed by atoms with Crippen LogP contribution in [0.15, 0.2) is 35.7 Å². The smallest absolute Gasteiger partial charge is 0.406 e. The van der Waals surface area contributed by atoms with Crippen LogP contribution in [0, 0.1) is 4.77 Å². The number of ether oxygens (including phenoxy) is 1. The Labute approximate surface area is 173 Å². The van der Waals surface area contributed by atoms with E-state index in [1.54, 1.807) is 4.57 Å². The van der Waals surface area contributed by atoms with Gasteiger partial charge >= 0.3 is 6.36 Å². The normalized spacial score (nSPS) is 11.7. The SMILES string of the molecule is O=C(Cn1c(-c2cccs2)n[nH]c1=S)Nc1nc2ccc(OC(F)(F)F)cc2s1. The van der Waals surface area contributed by atoms with Gasteiger partial charge in [0.1, 0.15) is 12.3 Å². The molecule has 0 aliphatic rings. The van der Waals surface area contributed by atoms with E-state index in [-0.39, 0.29) is 17.4 Å². The molecule has 0 atom stereocenters. The van der Waals surface area contributed by atoms with Crippen molar-refractivity contribution in [1.29, 1.82) is 0 Å². The topological polar surface area (TPSA) is 84.8 Å². The fourth-order valence-electron chi connectivity index (χ4n) is 2.52. The molecule has 4 aromatic rings. The highest BCUT2D eigenvalue weighted by Gasteiger charge is 2.31. The molecular weight excluding hydrogens is 447 g/mol. The quantitative estimate of drug-likeness (QED) is 0.420. The van der Waals surface area contributed by atoms with Crippen LogP contribution in [0.2, 0.25) is 0 Å². The van der Waals surface area contributed by atoms with Crippen molar-refractivity contribution in [2.75, 3.05) is 5.32 Å². The van der Waals surface area contributed by atoms with Crippen molar-refractivity contribution in [3.63, 3.8) is 0 Å². The molecule has 0 fully saturated rings. The molecule has 0 aliphatic carbocycles. The summed E-state index contributed by atoms with van der Waals surface area (Å²) in [6.07, 6.45) is -4.78. The van der Waals surface area contributed by atoms with E-state index in [1.807, 2.05) is 17.5 Å². The molecule has 0 saturated carbocycles. The number of amides is 1. The number of benzene rings is 1. The molecule has 0 aliphatic heterocycles. The number of nitrogens with zero attached hydrogens (tertiary/aromatic N) is 3. The highest BCUT2D eigenvalue weighted by atomic mass is 32.1. The van der Waals surface area contributed by atoms with Crippen LogP contribution in [-0.2, 0) is 11.3 Å². The third-order valence-corrected chi connectivity index (χ3v) is 5.75. The lowest BCUT2D eigenvalue weighted by molar-refractivity contribution is -0.274. The van der Waals surface area contributed by atoms with Crippen molar-refractivity contribution in [3.8, 4) is 16.5 Å². The van der Waals surface area contributed by atoms with E-state index < -0.39 is 12.3 Å². The van der Waals surface area contributed by atoms with E-state index in [0.29, 0.717) is 20.8 Å². The van der Waals surface area contributed by atoms with Gasteiger partial charge in [0.2, 0.25) is 5.91 Å². The number of nitrogens with one attached hydrogen (secondary N) is 2. The Morgan fingerprint density at radius 2 is 2.17 bits per heavy atom. The molecule has 150 valence electrons. The monoisotopic (exact) mass is 457 g/mol. The summed E-state index contributed by atoms with van der Waals surface area (Å²) >= 11 is 7.69. The summed E-state index contributed by atoms with van der Waals surface area (Å²) in [5.74, 6) is -0.207. The zero-order valence-electron chi connectivity index (χ0n) is 14.2. The minimum Gasteiger partial charge on any atom is -0.406 e. The molecule has 7 nitrogen and oxygen atoms in total. The lowest BCUT2D eigenvalue weighted by Gasteiger charge is -2.07. The fraction of sp³-hybridized carbons (Fsp3) is 0.125. The number of thiazole rings is 1. The van der Waals surface area contributed by atoms with Gasteiger partial charge < -0.3 is 10.1 Å². The maximum atomic E-state index is 12.5. The number of halogens is 3. The minimum absolute atomic E-state index is 0.0963. The lowest BCUT2D eigenvalue weighted by atomic mass is 10.3. The van der Waals surface area contributed by atoms with E-state index in [0.717, 1.165) is 16.2 Å². The molecule has 0 saturated heterocycles. The van der Waals surface area contributed by atoms with Crippen LogP contribution >= 0.6 is 34.9 Å². The first-order valence-electron chi connectivity index (χ1n) is 7.94. The summed E-state index contributed by atoms with van der Waals surface area (Å²) in [5.41, 5.74) is 0.444. The molecule has 1 amide bonds. The van der Waals surface area contributed by atoms with Gasteiger partial charge in [0.25, 0.3) is 0 Å². The van der Waals surface area contributed by atoms with E-state index in [9.17, 15) is 18.0 Å². The summed E-state index contributed by atoms with van der Waals surface area (Å²) in [7, 11) is 0. The second kappa shape index (κ2) is 7.57. The van der Waals surface area contributed by atoms with Gasteiger partial charge in [0, 0.05) is 6.07 Å². The van der Waals surface area contributed by atoms with Gasteiger partial charge in [-0.2, -0.15) is 5.10 Å². The number of aromatic amines is 1. The Morgan fingerprint density at radius 3 is 2.90 bits per heavy atom. The van der Waals surface area contributed by atoms with E-state index in [2.05, 4.69) is 25.2 Å². The van der Waals surface area contributed by atoms with Gasteiger partial charge in [-0.3, -0.25) is 14.5 Å². The number of carbonyl (C=O) groups is 1. The number of alkyl halides is 3. The standard InChI is InChI=1S/C16H10F3N5O2S3/c17-16(18,19)26-8-3-4-9-11(6-8)29-14(20-9)21-12(25)7-24-13(22-23-15(24)27)10-2-1-5-28-10/h1-6H,7H2,(H,23,27)(H,20,21,25). The first kappa shape index (κ1) is 19.5. The van der Waals surface area contributed by atoms with Crippen molar-refractivity contribution in [1.82, 2.24) is 19.7 Å². The van der Waals surface area contributed by atoms with Gasteiger partial charge in [-0.05, 0) is 35.8 Å². The molecule has 3 aromatic heterocycles. The number of fused-ring (bicyclic) bond motifs is 1. The van der Waals surface area contributed by atoms with E-state index in [1.165, 1.54) is 29.5 Å². The average Bonchev–Trinajstić information content (AvgIpc) is 3.34. The molecule has 13 heteroatoms. The number of anilines is 1. The predicted molar refractivity (Wildman–Crippen MR) is 106 cm³/mol. The number of hydrogen-bond donors (Lipinski definition) is 2. The van der Waals surface area contributed by atoms with E-state index >= 15 is 0 Å². The van der Waals surface area contributed by atoms with Crippen molar-refractivity contribution in [2.45, 2.75) is 12.9 Å². The summed E-state index contributed by atoms with van der Waals surface area (Å²) in [6, 6.07) is 7.50. The second-order valence-electron chi connectivity index (χ2n) is 5.66. The van der Waals surface area contributed by atoms with Crippen LogP contribution in [-0.4, -0.2) is 32.0 Å². The van der Waals surface area contributed by atoms with E-state index in [4.69, 9.17) is 12.2 Å². The first-order chi connectivity index (χ1) is 13.8. The van der Waals surface area contributed by atoms with Crippen LogP contribution in [0.1, 0.15) is 0 Å². The van der Waals surface area contributed by atoms with Gasteiger partial charge in [-0.25, -0.2) is 4.98 Å². The molecular formula is C16H10F3N5O2S3. The Hall–Kier alpha value is -2.77. The van der Waals surface area contributed by atoms with Crippen molar-refractivity contribution in [3.05, 3.63) is 40.5 Å². The molecule has 0 unspecified atom stereocenters. The highest BCUT2D eigenvalue weighted by molar-refractivity contribution is 7.71. The largest absolute Gasteiger partial charge is 0.573 e. The number of H-pyrrole nitrogens is 1. The predicted octanol–water partition coefficient (Wildman–Crippen LogP) is 4.82. The van der Waals surface area contributed by atoms with Crippen LogP contribution < -0.4 is 10.1 Å². The van der Waals surface area contributed by atoms with Crippen molar-refractivity contribution in [2.24, 2.45) is 0 Å². The second-order valence-corrected chi connectivity index (χ2v) is 8.03. The first-order valence-corrected chi connectivity index (χ1v) is 10.0. The Kier molecular flexibility index (Phi) is 5.10. The van der Waals surface area contributed by atoms with Gasteiger partial charge in [-0.1, -0.05) is 17.4 Å². The highest BCUT2D eigenvalue weighted by Crippen LogP contribution is 2.31. The van der Waals surface area contributed by atoms with Crippen molar-refractivity contribution >= 4 is 56.1 Å². The minimum atomic E-state index is -4.78. The summed E-state index contributed by atoms with van der Waals surface area (Å²) in [5, 5.41) is 11.6. The molecule has 0 bridgehead atoms. The summed E-state index contributed by atoms with van der Waals surface area (Å²) in [4.78, 5) is 17.5. The third kappa shape index (κ3) is 4.46. The molecule has 0 radical (unpaired) electrons. The third-order valence-electron chi connectivity index (χ3n) is 3.64. The summed E-state index contributed by atoms with van der Waals surface area (Å²) in [6.45, 7) is -0.0963. The van der Waals surface area contributed by atoms with Crippen LogP contribution in [0.4, 0.5) is 18.3 Å². The number of aromatic nitrogens is 4. The van der Waals surface area contributed by atoms with Crippen LogP contribution in [0.5, 0.6) is 5.75 Å². The Bertz CT molecular complexity index is 1230. The molecule has 1 aromatic carbocycles. The van der Waals surface area contributed by atoms with Crippen molar-refractivity contribution < 1.29 is 22.7 Å². The maximum absolute atomic E-state index is 12.5. The molecule has 2 N–H and O–H groups in total. The number of rotatable bonds is 5. The molecule has 29 heavy (non-hydrogen) atoms. The Morgan fingerprint density at radius 1 is 1.34 bits per heavy atom. The number of thiophene rings is 1. The molecule has 0 spiro atoms. The van der Waals surface area contributed by atoms with Crippen LogP contribution in [0.25, 0.3) is 20.9 Å². The van der Waals surface area contributed by atoms with Gasteiger partial charge in [0.15, 0.2) is 15.7 Å². The fourth-order valence-corrected chi connectivity index (χ4v) is 4.35. The zero-order valence-corrected chi connectivity index (χ0v) is 16.6. The Balaban J connectivity index is 1.51.